The maximum atomic E-state index is 12.5. The lowest BCUT2D eigenvalue weighted by Gasteiger charge is -2.07. The van der Waals surface area contributed by atoms with Crippen molar-refractivity contribution in [2.75, 3.05) is 31.4 Å². The summed E-state index contributed by atoms with van der Waals surface area (Å²) in [6, 6.07) is 7.74. The van der Waals surface area contributed by atoms with Gasteiger partial charge in [-0.15, -0.1) is 23.1 Å². The van der Waals surface area contributed by atoms with E-state index in [1.54, 1.807) is 39.6 Å². The van der Waals surface area contributed by atoms with Crippen molar-refractivity contribution in [2.45, 2.75) is 38.5 Å². The van der Waals surface area contributed by atoms with Crippen molar-refractivity contribution in [1.82, 2.24) is 0 Å². The SMILES string of the molecule is CCOC(=O)c1sc(NC(=O)CCCSc2ccc(OC)cc2)c(C(=O)OCC)c1C. The fourth-order valence-electron chi connectivity index (χ4n) is 2.73. The number of thioether (sulfide) groups is 1. The van der Waals surface area contributed by atoms with Gasteiger partial charge in [0, 0.05) is 11.3 Å². The normalized spacial score (nSPS) is 10.5. The molecule has 9 heteroatoms. The summed E-state index contributed by atoms with van der Waals surface area (Å²) in [6.07, 6.45) is 0.948. The van der Waals surface area contributed by atoms with Gasteiger partial charge in [0.2, 0.25) is 5.91 Å². The van der Waals surface area contributed by atoms with Gasteiger partial charge in [0.25, 0.3) is 0 Å². The first-order valence-corrected chi connectivity index (χ1v) is 11.8. The Morgan fingerprint density at radius 3 is 2.29 bits per heavy atom. The van der Waals surface area contributed by atoms with Gasteiger partial charge < -0.3 is 19.5 Å². The van der Waals surface area contributed by atoms with Crippen LogP contribution in [0.1, 0.15) is 52.3 Å². The second-order valence-electron chi connectivity index (χ2n) is 6.38. The third kappa shape index (κ3) is 7.00. The lowest BCUT2D eigenvalue weighted by atomic mass is 10.1. The van der Waals surface area contributed by atoms with Crippen molar-refractivity contribution in [3.8, 4) is 5.75 Å². The number of methoxy groups -OCH3 is 1. The molecule has 1 amide bonds. The number of carbonyl (C=O) groups excluding carboxylic acids is 3. The first-order chi connectivity index (χ1) is 14.9. The molecule has 31 heavy (non-hydrogen) atoms. The number of amides is 1. The van der Waals surface area contributed by atoms with Crippen LogP contribution in [0.2, 0.25) is 0 Å². The summed E-state index contributed by atoms with van der Waals surface area (Å²) in [4.78, 5) is 38.4. The molecule has 7 nitrogen and oxygen atoms in total. The maximum absolute atomic E-state index is 12.5. The molecule has 0 aliphatic heterocycles. The number of ether oxygens (including phenoxy) is 3. The molecule has 0 aliphatic carbocycles. The molecule has 0 aliphatic rings. The molecule has 2 aromatic rings. The molecular weight excluding hydrogens is 438 g/mol. The van der Waals surface area contributed by atoms with E-state index in [1.807, 2.05) is 24.3 Å². The summed E-state index contributed by atoms with van der Waals surface area (Å²) in [7, 11) is 1.62. The van der Waals surface area contributed by atoms with Crippen molar-refractivity contribution >= 4 is 45.9 Å². The van der Waals surface area contributed by atoms with Crippen molar-refractivity contribution in [3.63, 3.8) is 0 Å². The first kappa shape index (κ1) is 24.7. The fourth-order valence-corrected chi connectivity index (χ4v) is 4.68. The first-order valence-electron chi connectivity index (χ1n) is 9.95. The number of benzene rings is 1. The second-order valence-corrected chi connectivity index (χ2v) is 8.57. The van der Waals surface area contributed by atoms with Crippen LogP contribution in [0, 0.1) is 6.92 Å². The van der Waals surface area contributed by atoms with E-state index in [0.29, 0.717) is 17.0 Å². The average Bonchev–Trinajstić information content (AvgIpc) is 3.07. The summed E-state index contributed by atoms with van der Waals surface area (Å²) in [5.41, 5.74) is 0.656. The largest absolute Gasteiger partial charge is 0.497 e. The van der Waals surface area contributed by atoms with Crippen LogP contribution in [0.4, 0.5) is 5.00 Å². The lowest BCUT2D eigenvalue weighted by molar-refractivity contribution is -0.116. The molecule has 1 aromatic carbocycles. The summed E-state index contributed by atoms with van der Waals surface area (Å²) in [5.74, 6) is 0.248. The Balaban J connectivity index is 1.99. The van der Waals surface area contributed by atoms with Crippen molar-refractivity contribution < 1.29 is 28.6 Å². The monoisotopic (exact) mass is 465 g/mol. The predicted octanol–water partition coefficient (Wildman–Crippen LogP) is 4.93. The van der Waals surface area contributed by atoms with Gasteiger partial charge in [-0.25, -0.2) is 9.59 Å². The van der Waals surface area contributed by atoms with E-state index in [2.05, 4.69) is 5.32 Å². The van der Waals surface area contributed by atoms with Crippen molar-refractivity contribution in [2.24, 2.45) is 0 Å². The molecular formula is C22H27NO6S2. The van der Waals surface area contributed by atoms with E-state index in [9.17, 15) is 14.4 Å². The molecule has 1 heterocycles. The molecule has 0 spiro atoms. The highest BCUT2D eigenvalue weighted by molar-refractivity contribution is 7.99. The Bertz CT molecular complexity index is 907. The minimum atomic E-state index is -0.572. The predicted molar refractivity (Wildman–Crippen MR) is 123 cm³/mol. The molecule has 1 N–H and O–H groups in total. The molecule has 0 fully saturated rings. The number of nitrogens with one attached hydrogen (secondary N) is 1. The smallest absolute Gasteiger partial charge is 0.348 e. The van der Waals surface area contributed by atoms with E-state index >= 15 is 0 Å². The number of esters is 2. The third-order valence-electron chi connectivity index (χ3n) is 4.22. The van der Waals surface area contributed by atoms with Crippen LogP contribution in [-0.2, 0) is 14.3 Å². The number of rotatable bonds is 11. The number of hydrogen-bond donors (Lipinski definition) is 1. The van der Waals surface area contributed by atoms with E-state index in [4.69, 9.17) is 14.2 Å². The third-order valence-corrected chi connectivity index (χ3v) is 6.50. The molecule has 0 radical (unpaired) electrons. The zero-order valence-corrected chi connectivity index (χ0v) is 19.7. The molecule has 0 unspecified atom stereocenters. The average molecular weight is 466 g/mol. The molecule has 1 aromatic heterocycles. The number of anilines is 1. The molecule has 0 bridgehead atoms. The van der Waals surface area contributed by atoms with Gasteiger partial charge in [0.15, 0.2) is 0 Å². The Morgan fingerprint density at radius 2 is 1.68 bits per heavy atom. The van der Waals surface area contributed by atoms with Crippen molar-refractivity contribution in [1.29, 1.82) is 0 Å². The highest BCUT2D eigenvalue weighted by Gasteiger charge is 2.27. The Labute approximate surface area is 190 Å². The second kappa shape index (κ2) is 12.4. The van der Waals surface area contributed by atoms with Gasteiger partial charge in [-0.1, -0.05) is 0 Å². The maximum Gasteiger partial charge on any atom is 0.348 e. The van der Waals surface area contributed by atoms with Gasteiger partial charge in [-0.3, -0.25) is 4.79 Å². The number of hydrogen-bond acceptors (Lipinski definition) is 8. The summed E-state index contributed by atoms with van der Waals surface area (Å²) >= 11 is 2.68. The molecule has 0 saturated heterocycles. The highest BCUT2D eigenvalue weighted by Crippen LogP contribution is 2.34. The van der Waals surface area contributed by atoms with Gasteiger partial charge in [0.1, 0.15) is 15.6 Å². The summed E-state index contributed by atoms with van der Waals surface area (Å²) < 4.78 is 15.3. The van der Waals surface area contributed by atoms with Crippen LogP contribution >= 0.6 is 23.1 Å². The highest BCUT2D eigenvalue weighted by atomic mass is 32.2. The zero-order chi connectivity index (χ0) is 22.8. The minimum absolute atomic E-state index is 0.193. The fraction of sp³-hybridized carbons (Fsp3) is 0.409. The van der Waals surface area contributed by atoms with Crippen LogP contribution in [0.5, 0.6) is 5.75 Å². The van der Waals surface area contributed by atoms with Crippen LogP contribution < -0.4 is 10.1 Å². The standard InChI is InChI=1S/C22H27NO6S2/c1-5-28-21(25)18-14(3)19(22(26)29-6-2)31-20(18)23-17(24)8-7-13-30-16-11-9-15(27-4)10-12-16/h9-12H,5-8,13H2,1-4H3,(H,23,24). The van der Waals surface area contributed by atoms with Gasteiger partial charge in [-0.2, -0.15) is 0 Å². The zero-order valence-electron chi connectivity index (χ0n) is 18.1. The van der Waals surface area contributed by atoms with Crippen LogP contribution in [0.15, 0.2) is 29.2 Å². The Hall–Kier alpha value is -2.52. The topological polar surface area (TPSA) is 90.9 Å². The van der Waals surface area contributed by atoms with Crippen molar-refractivity contribution in [3.05, 3.63) is 40.3 Å². The van der Waals surface area contributed by atoms with Gasteiger partial charge >= 0.3 is 11.9 Å². The number of carbonyl (C=O) groups is 3. The Kier molecular flexibility index (Phi) is 9.87. The van der Waals surface area contributed by atoms with Gasteiger partial charge in [-0.05, 0) is 62.8 Å². The van der Waals surface area contributed by atoms with E-state index in [1.165, 1.54) is 0 Å². The van der Waals surface area contributed by atoms with E-state index < -0.39 is 11.9 Å². The molecule has 168 valence electrons. The lowest BCUT2D eigenvalue weighted by Crippen LogP contribution is -2.14. The number of thiophene rings is 1. The van der Waals surface area contributed by atoms with Crippen LogP contribution in [-0.4, -0.2) is 43.9 Å². The molecule has 2 rings (SSSR count). The Morgan fingerprint density at radius 1 is 1.03 bits per heavy atom. The van der Waals surface area contributed by atoms with E-state index in [-0.39, 0.29) is 36.0 Å². The van der Waals surface area contributed by atoms with Crippen LogP contribution in [0.25, 0.3) is 0 Å². The minimum Gasteiger partial charge on any atom is -0.497 e. The van der Waals surface area contributed by atoms with Crippen LogP contribution in [0.3, 0.4) is 0 Å². The summed E-state index contributed by atoms with van der Waals surface area (Å²) in [6.45, 7) is 5.47. The quantitative estimate of drug-likeness (QED) is 0.286. The molecule has 0 saturated carbocycles. The summed E-state index contributed by atoms with van der Waals surface area (Å²) in [5, 5.41) is 3.08. The van der Waals surface area contributed by atoms with E-state index in [0.717, 1.165) is 27.7 Å². The molecule has 0 atom stereocenters. The van der Waals surface area contributed by atoms with Gasteiger partial charge in [0.05, 0.1) is 25.9 Å².